The van der Waals surface area contributed by atoms with Gasteiger partial charge in [0.15, 0.2) is 0 Å². The number of nitrogens with one attached hydrogen (secondary N) is 1. The van der Waals surface area contributed by atoms with Gasteiger partial charge in [-0.15, -0.1) is 0 Å². The van der Waals surface area contributed by atoms with Crippen LogP contribution in [0.25, 0.3) is 0 Å². The van der Waals surface area contributed by atoms with Crippen LogP contribution in [-0.2, 0) is 9.47 Å². The second kappa shape index (κ2) is 6.73. The molecule has 0 saturated carbocycles. The number of amides is 2. The van der Waals surface area contributed by atoms with Gasteiger partial charge in [-0.1, -0.05) is 0 Å². The Hall–Kier alpha value is -1.50. The summed E-state index contributed by atoms with van der Waals surface area (Å²) in [7, 11) is 0. The first kappa shape index (κ1) is 18.5. The first-order chi connectivity index (χ1) is 9.87. The van der Waals surface area contributed by atoms with Gasteiger partial charge in [0.05, 0.1) is 6.04 Å². The Morgan fingerprint density at radius 1 is 1.09 bits per heavy atom. The number of nitrogens with zero attached hydrogens (tertiary/aromatic N) is 1. The second-order valence-electron chi connectivity index (χ2n) is 7.63. The van der Waals surface area contributed by atoms with Crippen LogP contribution in [0.4, 0.5) is 9.59 Å². The van der Waals surface area contributed by atoms with Gasteiger partial charge in [-0.05, 0) is 48.0 Å². The first-order valence-corrected chi connectivity index (χ1v) is 7.60. The van der Waals surface area contributed by atoms with Crippen molar-refractivity contribution in [3.63, 3.8) is 0 Å². The van der Waals surface area contributed by atoms with Crippen LogP contribution in [0, 0.1) is 0 Å². The second-order valence-corrected chi connectivity index (χ2v) is 7.63. The zero-order valence-corrected chi connectivity index (χ0v) is 14.4. The minimum atomic E-state index is -0.576. The molecule has 0 aromatic carbocycles. The largest absolute Gasteiger partial charge is 0.444 e. The molecule has 0 aromatic rings. The standard InChI is InChI=1S/C15H29N3O4/c1-14(2,3)21-12(19)17-11-9-18(8-7-10(11)16)13(20)22-15(4,5)6/h10-11H,7-9,16H2,1-6H3,(H,17,19)/t10-,11+/m0/s1. The average Bonchev–Trinajstić information content (AvgIpc) is 2.27. The molecular formula is C15H29N3O4. The van der Waals surface area contributed by atoms with Gasteiger partial charge in [-0.2, -0.15) is 0 Å². The van der Waals surface area contributed by atoms with Crippen molar-refractivity contribution >= 4 is 12.2 Å². The van der Waals surface area contributed by atoms with Crippen molar-refractivity contribution in [2.45, 2.75) is 71.2 Å². The van der Waals surface area contributed by atoms with Crippen LogP contribution in [0.15, 0.2) is 0 Å². The smallest absolute Gasteiger partial charge is 0.410 e. The van der Waals surface area contributed by atoms with Gasteiger partial charge in [0, 0.05) is 19.1 Å². The zero-order valence-electron chi connectivity index (χ0n) is 14.4. The molecule has 7 nitrogen and oxygen atoms in total. The van der Waals surface area contributed by atoms with Crippen LogP contribution in [-0.4, -0.2) is 53.5 Å². The number of hydrogen-bond acceptors (Lipinski definition) is 5. The van der Waals surface area contributed by atoms with E-state index < -0.39 is 23.4 Å². The molecule has 128 valence electrons. The van der Waals surface area contributed by atoms with Crippen molar-refractivity contribution in [2.24, 2.45) is 5.73 Å². The molecule has 1 heterocycles. The number of piperidine rings is 1. The van der Waals surface area contributed by atoms with E-state index in [9.17, 15) is 9.59 Å². The molecule has 0 radical (unpaired) electrons. The molecule has 0 bridgehead atoms. The molecule has 7 heteroatoms. The summed E-state index contributed by atoms with van der Waals surface area (Å²) >= 11 is 0. The van der Waals surface area contributed by atoms with E-state index in [2.05, 4.69) is 5.32 Å². The molecule has 0 aromatic heterocycles. The molecule has 1 saturated heterocycles. The van der Waals surface area contributed by atoms with Crippen molar-refractivity contribution in [1.29, 1.82) is 0 Å². The maximum atomic E-state index is 12.1. The van der Waals surface area contributed by atoms with E-state index in [1.165, 1.54) is 0 Å². The quantitative estimate of drug-likeness (QED) is 0.770. The lowest BCUT2D eigenvalue weighted by Crippen LogP contribution is -2.60. The molecule has 1 aliphatic rings. The Balaban J connectivity index is 2.60. The third-order valence-electron chi connectivity index (χ3n) is 3.02. The molecule has 3 N–H and O–H groups in total. The highest BCUT2D eigenvalue weighted by Crippen LogP contribution is 2.16. The van der Waals surface area contributed by atoms with Gasteiger partial charge in [-0.25, -0.2) is 9.59 Å². The van der Waals surface area contributed by atoms with E-state index in [0.717, 1.165) is 0 Å². The highest BCUT2D eigenvalue weighted by molar-refractivity contribution is 5.70. The van der Waals surface area contributed by atoms with Crippen LogP contribution in [0.2, 0.25) is 0 Å². The number of carbonyl (C=O) groups is 2. The van der Waals surface area contributed by atoms with E-state index >= 15 is 0 Å². The highest BCUT2D eigenvalue weighted by atomic mass is 16.6. The van der Waals surface area contributed by atoms with Crippen molar-refractivity contribution in [3.05, 3.63) is 0 Å². The Morgan fingerprint density at radius 3 is 2.14 bits per heavy atom. The zero-order chi connectivity index (χ0) is 17.1. The van der Waals surface area contributed by atoms with Crippen LogP contribution >= 0.6 is 0 Å². The molecule has 22 heavy (non-hydrogen) atoms. The van der Waals surface area contributed by atoms with Gasteiger partial charge in [0.2, 0.25) is 0 Å². The third-order valence-corrected chi connectivity index (χ3v) is 3.02. The lowest BCUT2D eigenvalue weighted by molar-refractivity contribution is 0.0145. The molecule has 2 amide bonds. The van der Waals surface area contributed by atoms with E-state index in [1.54, 1.807) is 25.7 Å². The topological polar surface area (TPSA) is 93.9 Å². The molecule has 1 rings (SSSR count). The number of rotatable bonds is 1. The van der Waals surface area contributed by atoms with Gasteiger partial charge in [0.25, 0.3) is 0 Å². The number of ether oxygens (including phenoxy) is 2. The minimum absolute atomic E-state index is 0.216. The average molecular weight is 315 g/mol. The summed E-state index contributed by atoms with van der Waals surface area (Å²) in [6.07, 6.45) is -0.325. The summed E-state index contributed by atoms with van der Waals surface area (Å²) in [5.41, 5.74) is 4.91. The summed E-state index contributed by atoms with van der Waals surface area (Å²) in [6, 6.07) is -0.567. The predicted molar refractivity (Wildman–Crippen MR) is 83.6 cm³/mol. The summed E-state index contributed by atoms with van der Waals surface area (Å²) in [6.45, 7) is 11.7. The fourth-order valence-corrected chi connectivity index (χ4v) is 2.07. The number of likely N-dealkylation sites (tertiary alicyclic amines) is 1. The van der Waals surface area contributed by atoms with Gasteiger partial charge >= 0.3 is 12.2 Å². The van der Waals surface area contributed by atoms with E-state index in [-0.39, 0.29) is 12.1 Å². The number of hydrogen-bond donors (Lipinski definition) is 2. The fourth-order valence-electron chi connectivity index (χ4n) is 2.07. The van der Waals surface area contributed by atoms with Crippen LogP contribution in [0.5, 0.6) is 0 Å². The van der Waals surface area contributed by atoms with Crippen molar-refractivity contribution in [2.75, 3.05) is 13.1 Å². The summed E-state index contributed by atoms with van der Waals surface area (Å²) in [5.74, 6) is 0. The lowest BCUT2D eigenvalue weighted by atomic mass is 10.0. The SMILES string of the molecule is CC(C)(C)OC(=O)N[C@@H]1CN(C(=O)OC(C)(C)C)CC[C@@H]1N. The summed E-state index contributed by atoms with van der Waals surface area (Å²) in [5, 5.41) is 2.74. The highest BCUT2D eigenvalue weighted by Gasteiger charge is 2.33. The number of nitrogens with two attached hydrogens (primary N) is 1. The molecule has 0 aliphatic carbocycles. The van der Waals surface area contributed by atoms with Crippen LogP contribution in [0.3, 0.4) is 0 Å². The van der Waals surface area contributed by atoms with Crippen molar-refractivity contribution in [1.82, 2.24) is 10.2 Å². The normalized spacial score (nSPS) is 23.0. The van der Waals surface area contributed by atoms with Gasteiger partial charge in [0.1, 0.15) is 11.2 Å². The van der Waals surface area contributed by atoms with Crippen molar-refractivity contribution < 1.29 is 19.1 Å². The molecule has 1 aliphatic heterocycles. The van der Waals surface area contributed by atoms with E-state index in [4.69, 9.17) is 15.2 Å². The Labute approximate surface area is 132 Å². The maximum absolute atomic E-state index is 12.1. The minimum Gasteiger partial charge on any atom is -0.444 e. The third kappa shape index (κ3) is 6.51. The summed E-state index contributed by atoms with van der Waals surface area (Å²) in [4.78, 5) is 25.5. The monoisotopic (exact) mass is 315 g/mol. The molecular weight excluding hydrogens is 286 g/mol. The first-order valence-electron chi connectivity index (χ1n) is 7.60. The van der Waals surface area contributed by atoms with E-state index in [0.29, 0.717) is 19.5 Å². The Bertz CT molecular complexity index is 412. The van der Waals surface area contributed by atoms with Crippen LogP contribution in [0.1, 0.15) is 48.0 Å². The predicted octanol–water partition coefficient (Wildman–Crippen LogP) is 1.85. The van der Waals surface area contributed by atoms with E-state index in [1.807, 2.05) is 20.8 Å². The number of alkyl carbamates (subject to hydrolysis) is 1. The lowest BCUT2D eigenvalue weighted by Gasteiger charge is -2.37. The Morgan fingerprint density at radius 2 is 1.64 bits per heavy atom. The summed E-state index contributed by atoms with van der Waals surface area (Å²) < 4.78 is 10.6. The molecule has 0 unspecified atom stereocenters. The fraction of sp³-hybridized carbons (Fsp3) is 0.867. The number of carbonyl (C=O) groups excluding carboxylic acids is 2. The maximum Gasteiger partial charge on any atom is 0.410 e. The molecule has 2 atom stereocenters. The molecule has 1 fully saturated rings. The van der Waals surface area contributed by atoms with Crippen molar-refractivity contribution in [3.8, 4) is 0 Å². The van der Waals surface area contributed by atoms with Gasteiger partial charge < -0.3 is 25.4 Å². The van der Waals surface area contributed by atoms with Gasteiger partial charge in [-0.3, -0.25) is 0 Å². The molecule has 0 spiro atoms. The van der Waals surface area contributed by atoms with Crippen LogP contribution < -0.4 is 11.1 Å². The Kier molecular flexibility index (Phi) is 5.67.